The van der Waals surface area contributed by atoms with E-state index in [1.165, 1.54) is 18.2 Å². The number of aliphatic hydroxyl groups is 1. The Morgan fingerprint density at radius 2 is 1.98 bits per heavy atom. The van der Waals surface area contributed by atoms with Crippen LogP contribution in [0.5, 0.6) is 11.5 Å². The Bertz CT molecular complexity index is 1780. The van der Waals surface area contributed by atoms with Gasteiger partial charge in [0.1, 0.15) is 11.4 Å². The van der Waals surface area contributed by atoms with Gasteiger partial charge in [-0.05, 0) is 42.0 Å². The number of rotatable bonds is 9. The molecule has 0 radical (unpaired) electrons. The molecule has 1 fully saturated rings. The van der Waals surface area contributed by atoms with E-state index in [4.69, 9.17) is 19.9 Å². The minimum atomic E-state index is -1.57. The van der Waals surface area contributed by atoms with Crippen molar-refractivity contribution < 1.29 is 29.0 Å². The smallest absolute Gasteiger partial charge is 0.313 e. The molecule has 0 spiro atoms. The topological polar surface area (TPSA) is 166 Å². The fourth-order valence-corrected chi connectivity index (χ4v) is 5.13. The first-order chi connectivity index (χ1) is 22.1. The van der Waals surface area contributed by atoms with Crippen LogP contribution in [0.4, 0.5) is 0 Å². The highest BCUT2D eigenvalue weighted by Crippen LogP contribution is 2.31. The lowest BCUT2D eigenvalue weighted by molar-refractivity contribution is -0.137. The number of pyridine rings is 1. The predicted octanol–water partition coefficient (Wildman–Crippen LogP) is 2.49. The minimum absolute atomic E-state index is 0.104. The lowest BCUT2D eigenvalue weighted by atomic mass is 9.98. The standard InChI is InChI=1S/C34H34N6O6/c1-20(2)31(42)46-28-12-11-27(24(16-35)17-36-3)37-29(28)22-7-5-21(6-8-22)13-14-34(32(43)38-33(44)39-34)19-40-18-23-9-10-25(45-4)15-26(23)30(40)41/h5-12,15-17,20,24,33,35,39,44H,18-19H2,1-4H3,(H,38,43). The molecule has 1 saturated heterocycles. The van der Waals surface area contributed by atoms with Gasteiger partial charge in [-0.1, -0.05) is 43.9 Å². The highest BCUT2D eigenvalue weighted by atomic mass is 16.5. The number of amides is 2. The Hall–Kier alpha value is -5.38. The number of hydrogen-bond acceptors (Lipinski definition) is 10. The van der Waals surface area contributed by atoms with Gasteiger partial charge in [0.25, 0.3) is 11.8 Å². The Kier molecular flexibility index (Phi) is 9.27. The van der Waals surface area contributed by atoms with Crippen molar-refractivity contribution in [1.82, 2.24) is 20.5 Å². The van der Waals surface area contributed by atoms with Crippen molar-refractivity contribution in [3.63, 3.8) is 0 Å². The zero-order chi connectivity index (χ0) is 33.0. The van der Waals surface area contributed by atoms with E-state index in [0.29, 0.717) is 33.8 Å². The Morgan fingerprint density at radius 1 is 1.22 bits per heavy atom. The lowest BCUT2D eigenvalue weighted by Gasteiger charge is -2.26. The molecule has 0 saturated carbocycles. The van der Waals surface area contributed by atoms with E-state index in [2.05, 4.69) is 27.5 Å². The van der Waals surface area contributed by atoms with Gasteiger partial charge < -0.3 is 30.2 Å². The number of hydrogen-bond donors (Lipinski definition) is 4. The molecular weight excluding hydrogens is 588 g/mol. The highest BCUT2D eigenvalue weighted by molar-refractivity contribution is 6.00. The predicted molar refractivity (Wildman–Crippen MR) is 171 cm³/mol. The van der Waals surface area contributed by atoms with Crippen molar-refractivity contribution in [2.75, 3.05) is 20.7 Å². The number of nitrogens with one attached hydrogen (secondary N) is 3. The summed E-state index contributed by atoms with van der Waals surface area (Å²) in [5.41, 5.74) is 1.86. The number of carbonyl (C=O) groups is 3. The quantitative estimate of drug-likeness (QED) is 0.161. The normalized spacial score (nSPS) is 19.4. The van der Waals surface area contributed by atoms with Gasteiger partial charge in [-0.2, -0.15) is 0 Å². The van der Waals surface area contributed by atoms with Crippen LogP contribution < -0.4 is 20.1 Å². The number of nitrogens with zero attached hydrogens (tertiary/aromatic N) is 3. The van der Waals surface area contributed by atoms with Gasteiger partial charge in [0, 0.05) is 42.7 Å². The molecule has 0 bridgehead atoms. The second kappa shape index (κ2) is 13.3. The van der Waals surface area contributed by atoms with Crippen molar-refractivity contribution in [2.45, 2.75) is 38.2 Å². The molecule has 46 heavy (non-hydrogen) atoms. The summed E-state index contributed by atoms with van der Waals surface area (Å²) in [6.07, 6.45) is 1.49. The van der Waals surface area contributed by atoms with Gasteiger partial charge in [0.2, 0.25) is 0 Å². The van der Waals surface area contributed by atoms with Gasteiger partial charge >= 0.3 is 5.97 Å². The van der Waals surface area contributed by atoms with Crippen molar-refractivity contribution in [3.05, 3.63) is 77.0 Å². The van der Waals surface area contributed by atoms with Crippen LogP contribution in [0.25, 0.3) is 11.3 Å². The summed E-state index contributed by atoms with van der Waals surface area (Å²) in [5.74, 6) is 4.74. The number of benzene rings is 2. The zero-order valence-corrected chi connectivity index (χ0v) is 25.8. The van der Waals surface area contributed by atoms with E-state index in [1.54, 1.807) is 75.6 Å². The molecule has 2 aromatic carbocycles. The summed E-state index contributed by atoms with van der Waals surface area (Å²) in [5, 5.41) is 23.2. The number of esters is 1. The lowest BCUT2D eigenvalue weighted by Crippen LogP contribution is -2.54. The summed E-state index contributed by atoms with van der Waals surface area (Å²) in [6.45, 7) is 3.65. The summed E-state index contributed by atoms with van der Waals surface area (Å²) >= 11 is 0. The van der Waals surface area contributed by atoms with E-state index < -0.39 is 29.7 Å². The van der Waals surface area contributed by atoms with Crippen LogP contribution in [0.1, 0.15) is 46.9 Å². The monoisotopic (exact) mass is 622 g/mol. The summed E-state index contributed by atoms with van der Waals surface area (Å²) in [6, 6.07) is 15.6. The van der Waals surface area contributed by atoms with Gasteiger partial charge in [0.05, 0.1) is 31.2 Å². The molecule has 2 aliphatic heterocycles. The van der Waals surface area contributed by atoms with E-state index in [-0.39, 0.29) is 30.7 Å². The van der Waals surface area contributed by atoms with Crippen LogP contribution in [0.15, 0.2) is 59.6 Å². The fourth-order valence-electron chi connectivity index (χ4n) is 5.13. The number of fused-ring (bicyclic) bond motifs is 1. The number of aliphatic imine (C=N–C) groups is 1. The molecule has 3 aromatic rings. The van der Waals surface area contributed by atoms with Crippen LogP contribution in [0, 0.1) is 23.2 Å². The first kappa shape index (κ1) is 32.0. The molecule has 1 aromatic heterocycles. The number of carbonyl (C=O) groups excluding carboxylic acids is 3. The summed E-state index contributed by atoms with van der Waals surface area (Å²) in [4.78, 5) is 49.0. The second-order valence-corrected chi connectivity index (χ2v) is 11.2. The third-order valence-electron chi connectivity index (χ3n) is 7.63. The average Bonchev–Trinajstić information content (AvgIpc) is 3.51. The van der Waals surface area contributed by atoms with Crippen LogP contribution in [0.3, 0.4) is 0 Å². The number of ether oxygens (including phenoxy) is 2. The molecule has 5 rings (SSSR count). The first-order valence-corrected chi connectivity index (χ1v) is 14.6. The average molecular weight is 623 g/mol. The first-order valence-electron chi connectivity index (χ1n) is 14.6. The number of aromatic nitrogens is 1. The summed E-state index contributed by atoms with van der Waals surface area (Å²) < 4.78 is 10.9. The number of aliphatic hydroxyl groups excluding tert-OH is 1. The largest absolute Gasteiger partial charge is 0.497 e. The minimum Gasteiger partial charge on any atom is -0.497 e. The molecule has 2 amide bonds. The van der Waals surface area contributed by atoms with E-state index in [0.717, 1.165) is 5.56 Å². The van der Waals surface area contributed by atoms with Crippen LogP contribution in [-0.2, 0) is 16.1 Å². The van der Waals surface area contributed by atoms with Crippen molar-refractivity contribution in [3.8, 4) is 34.6 Å². The molecule has 236 valence electrons. The maximum atomic E-state index is 13.2. The Balaban J connectivity index is 1.44. The molecular formula is C34H34N6O6. The van der Waals surface area contributed by atoms with Crippen molar-refractivity contribution >= 4 is 30.2 Å². The van der Waals surface area contributed by atoms with Crippen molar-refractivity contribution in [1.29, 1.82) is 5.41 Å². The SMILES string of the molecule is CN=CC(C=N)c1ccc(OC(=O)C(C)C)c(-c2ccc(C#CC3(CN4Cc5ccc(OC)cc5C4=O)NC(O)NC3=O)cc2)n1. The van der Waals surface area contributed by atoms with E-state index in [9.17, 15) is 19.5 Å². The summed E-state index contributed by atoms with van der Waals surface area (Å²) in [7, 11) is 3.14. The Labute approximate surface area is 266 Å². The molecule has 0 aliphatic carbocycles. The maximum absolute atomic E-state index is 13.2. The third-order valence-corrected chi connectivity index (χ3v) is 7.63. The highest BCUT2D eigenvalue weighted by Gasteiger charge is 2.48. The molecule has 4 N–H and O–H groups in total. The third kappa shape index (κ3) is 6.51. The van der Waals surface area contributed by atoms with Gasteiger partial charge in [-0.25, -0.2) is 10.3 Å². The van der Waals surface area contributed by atoms with Crippen LogP contribution in [-0.4, -0.2) is 77.8 Å². The van der Waals surface area contributed by atoms with Crippen molar-refractivity contribution in [2.24, 2.45) is 10.9 Å². The van der Waals surface area contributed by atoms with E-state index >= 15 is 0 Å². The molecule has 12 nitrogen and oxygen atoms in total. The maximum Gasteiger partial charge on any atom is 0.313 e. The molecule has 3 heterocycles. The van der Waals surface area contributed by atoms with Gasteiger partial charge in [-0.3, -0.25) is 19.4 Å². The second-order valence-electron chi connectivity index (χ2n) is 11.2. The molecule has 3 unspecified atom stereocenters. The van der Waals surface area contributed by atoms with Crippen LogP contribution in [0.2, 0.25) is 0 Å². The molecule has 12 heteroatoms. The van der Waals surface area contributed by atoms with E-state index in [1.807, 2.05) is 6.07 Å². The molecule has 2 aliphatic rings. The molecule has 3 atom stereocenters. The Morgan fingerprint density at radius 3 is 2.61 bits per heavy atom. The zero-order valence-electron chi connectivity index (χ0n) is 25.8. The van der Waals surface area contributed by atoms with Crippen LogP contribution >= 0.6 is 0 Å². The number of methoxy groups -OCH3 is 1. The van der Waals surface area contributed by atoms with Gasteiger partial charge in [0.15, 0.2) is 17.6 Å². The van der Waals surface area contributed by atoms with Gasteiger partial charge in [-0.15, -0.1) is 0 Å². The fraction of sp³-hybridized carbons (Fsp3) is 0.294.